The van der Waals surface area contributed by atoms with E-state index in [-0.39, 0.29) is 0 Å². The number of aromatic amines is 1. The van der Waals surface area contributed by atoms with Gasteiger partial charge >= 0.3 is 0 Å². The van der Waals surface area contributed by atoms with Gasteiger partial charge in [0.15, 0.2) is 4.34 Å². The molecule has 0 unspecified atom stereocenters. The maximum atomic E-state index is 6.10. The molecular weight excluding hydrogens is 288 g/mol. The number of nitrogens with two attached hydrogens (primary N) is 1. The molecule has 2 aromatic heterocycles. The van der Waals surface area contributed by atoms with Crippen LogP contribution in [-0.2, 0) is 0 Å². The molecule has 0 aliphatic rings. The molecular formula is C14H10N4S2. The summed E-state index contributed by atoms with van der Waals surface area (Å²) in [6, 6.07) is 12.1. The molecule has 3 N–H and O–H groups in total. The summed E-state index contributed by atoms with van der Waals surface area (Å²) in [6.45, 7) is 0. The highest BCUT2D eigenvalue weighted by Gasteiger charge is 2.09. The molecule has 2 heterocycles. The molecule has 0 aliphatic carbocycles. The number of hydrogen-bond acceptors (Lipinski definition) is 5. The number of H-pyrrole nitrogens is 1. The van der Waals surface area contributed by atoms with Crippen LogP contribution in [0.5, 0.6) is 0 Å². The number of aromatic nitrogens is 3. The lowest BCUT2D eigenvalue weighted by molar-refractivity contribution is 1.12. The molecule has 0 aliphatic heterocycles. The van der Waals surface area contributed by atoms with Crippen LogP contribution in [0.25, 0.3) is 21.1 Å². The van der Waals surface area contributed by atoms with E-state index in [4.69, 9.17) is 5.73 Å². The van der Waals surface area contributed by atoms with Crippen LogP contribution in [0.15, 0.2) is 51.8 Å². The van der Waals surface area contributed by atoms with Crippen molar-refractivity contribution in [3.63, 3.8) is 0 Å². The Labute approximate surface area is 123 Å². The fraction of sp³-hybridized carbons (Fsp3) is 0. The van der Waals surface area contributed by atoms with Crippen LogP contribution in [0.4, 0.5) is 5.69 Å². The second-order valence-electron chi connectivity index (χ2n) is 4.40. The van der Waals surface area contributed by atoms with E-state index in [1.54, 1.807) is 29.3 Å². The van der Waals surface area contributed by atoms with Gasteiger partial charge in [-0.2, -0.15) is 5.10 Å². The lowest BCUT2D eigenvalue weighted by Gasteiger charge is -2.02. The van der Waals surface area contributed by atoms with Crippen molar-refractivity contribution in [3.05, 3.63) is 42.6 Å². The zero-order chi connectivity index (χ0) is 13.5. The normalized spacial score (nSPS) is 11.4. The zero-order valence-electron chi connectivity index (χ0n) is 10.3. The van der Waals surface area contributed by atoms with E-state index in [2.05, 4.69) is 21.2 Å². The third-order valence-electron chi connectivity index (χ3n) is 3.04. The van der Waals surface area contributed by atoms with E-state index in [0.29, 0.717) is 0 Å². The molecule has 6 heteroatoms. The van der Waals surface area contributed by atoms with Gasteiger partial charge in [0.25, 0.3) is 0 Å². The van der Waals surface area contributed by atoms with E-state index < -0.39 is 0 Å². The first-order chi connectivity index (χ1) is 9.79. The van der Waals surface area contributed by atoms with Gasteiger partial charge in [0.1, 0.15) is 0 Å². The third kappa shape index (κ3) is 1.93. The van der Waals surface area contributed by atoms with Crippen molar-refractivity contribution in [3.8, 4) is 0 Å². The topological polar surface area (TPSA) is 67.6 Å². The summed E-state index contributed by atoms with van der Waals surface area (Å²) < 4.78 is 2.19. The van der Waals surface area contributed by atoms with Crippen LogP contribution >= 0.6 is 23.1 Å². The number of para-hydroxylation sites is 1. The van der Waals surface area contributed by atoms with Crippen LogP contribution < -0.4 is 5.73 Å². The van der Waals surface area contributed by atoms with Gasteiger partial charge < -0.3 is 5.73 Å². The van der Waals surface area contributed by atoms with Gasteiger partial charge in [0.05, 0.1) is 21.9 Å². The molecule has 0 saturated heterocycles. The number of thiazole rings is 1. The van der Waals surface area contributed by atoms with Gasteiger partial charge in [0.2, 0.25) is 0 Å². The molecule has 0 radical (unpaired) electrons. The number of nitrogen functional groups attached to an aromatic ring is 1. The largest absolute Gasteiger partial charge is 0.398 e. The summed E-state index contributed by atoms with van der Waals surface area (Å²) in [5, 5.41) is 8.01. The molecule has 0 fully saturated rings. The van der Waals surface area contributed by atoms with E-state index in [1.165, 1.54) is 4.70 Å². The fourth-order valence-electron chi connectivity index (χ4n) is 2.07. The summed E-state index contributed by atoms with van der Waals surface area (Å²) in [4.78, 5) is 5.62. The quantitative estimate of drug-likeness (QED) is 0.551. The average molecular weight is 298 g/mol. The van der Waals surface area contributed by atoms with Gasteiger partial charge in [-0.25, -0.2) is 4.98 Å². The molecule has 98 valence electrons. The Morgan fingerprint density at radius 2 is 2.10 bits per heavy atom. The van der Waals surface area contributed by atoms with E-state index in [1.807, 2.05) is 30.3 Å². The van der Waals surface area contributed by atoms with Crippen LogP contribution in [0.1, 0.15) is 0 Å². The Morgan fingerprint density at radius 1 is 1.20 bits per heavy atom. The minimum Gasteiger partial charge on any atom is -0.398 e. The highest BCUT2D eigenvalue weighted by molar-refractivity contribution is 8.01. The molecule has 0 atom stereocenters. The van der Waals surface area contributed by atoms with Crippen molar-refractivity contribution in [2.24, 2.45) is 0 Å². The standard InChI is InChI=1S/C14H10N4S2/c15-9-5-8-7-16-18-11(8)6-13(9)20-14-17-10-3-1-2-4-12(10)19-14/h1-7H,15H2,(H,16,18). The summed E-state index contributed by atoms with van der Waals surface area (Å²) in [7, 11) is 0. The molecule has 20 heavy (non-hydrogen) atoms. The van der Waals surface area contributed by atoms with Crippen molar-refractivity contribution in [2.45, 2.75) is 9.24 Å². The zero-order valence-corrected chi connectivity index (χ0v) is 12.0. The molecule has 0 spiro atoms. The van der Waals surface area contributed by atoms with Crippen molar-refractivity contribution < 1.29 is 0 Å². The van der Waals surface area contributed by atoms with Crippen molar-refractivity contribution >= 4 is 49.9 Å². The number of fused-ring (bicyclic) bond motifs is 2. The molecule has 4 nitrogen and oxygen atoms in total. The van der Waals surface area contributed by atoms with Crippen LogP contribution in [0.3, 0.4) is 0 Å². The Bertz CT molecular complexity index is 877. The lowest BCUT2D eigenvalue weighted by atomic mass is 10.2. The second-order valence-corrected chi connectivity index (χ2v) is 6.72. The number of nitrogens with one attached hydrogen (secondary N) is 1. The molecule has 4 aromatic rings. The Balaban J connectivity index is 1.77. The van der Waals surface area contributed by atoms with Gasteiger partial charge in [0, 0.05) is 16.0 Å². The van der Waals surface area contributed by atoms with Gasteiger partial charge in [-0.05, 0) is 24.3 Å². The molecule has 0 saturated carbocycles. The third-order valence-corrected chi connectivity index (χ3v) is 5.21. The van der Waals surface area contributed by atoms with Crippen molar-refractivity contribution in [1.29, 1.82) is 0 Å². The van der Waals surface area contributed by atoms with Crippen LogP contribution in [-0.4, -0.2) is 15.2 Å². The Kier molecular flexibility index (Phi) is 2.64. The Morgan fingerprint density at radius 3 is 3.00 bits per heavy atom. The predicted molar refractivity (Wildman–Crippen MR) is 84.2 cm³/mol. The summed E-state index contributed by atoms with van der Waals surface area (Å²) in [6.07, 6.45) is 1.78. The van der Waals surface area contributed by atoms with E-state index >= 15 is 0 Å². The number of rotatable bonds is 2. The highest BCUT2D eigenvalue weighted by atomic mass is 32.2. The maximum absolute atomic E-state index is 6.10. The van der Waals surface area contributed by atoms with Gasteiger partial charge in [-0.1, -0.05) is 23.9 Å². The first kappa shape index (κ1) is 11.7. The fourth-order valence-corrected chi connectivity index (χ4v) is 4.15. The minimum absolute atomic E-state index is 0.753. The molecule has 0 amide bonds. The van der Waals surface area contributed by atoms with E-state index in [0.717, 1.165) is 31.3 Å². The number of benzene rings is 2. The molecule has 4 rings (SSSR count). The van der Waals surface area contributed by atoms with Crippen LogP contribution in [0.2, 0.25) is 0 Å². The average Bonchev–Trinajstić information content (AvgIpc) is 3.04. The molecule has 0 bridgehead atoms. The Hall–Kier alpha value is -2.05. The first-order valence-electron chi connectivity index (χ1n) is 6.05. The lowest BCUT2D eigenvalue weighted by Crippen LogP contribution is -1.88. The van der Waals surface area contributed by atoms with E-state index in [9.17, 15) is 0 Å². The van der Waals surface area contributed by atoms with Crippen molar-refractivity contribution in [1.82, 2.24) is 15.2 Å². The first-order valence-corrected chi connectivity index (χ1v) is 7.69. The summed E-state index contributed by atoms with van der Waals surface area (Å²) >= 11 is 3.27. The SMILES string of the molecule is Nc1cc2cn[nH]c2cc1Sc1nc2ccccc2s1. The monoisotopic (exact) mass is 298 g/mol. The highest BCUT2D eigenvalue weighted by Crippen LogP contribution is 2.38. The minimum atomic E-state index is 0.753. The smallest absolute Gasteiger partial charge is 0.155 e. The maximum Gasteiger partial charge on any atom is 0.155 e. The van der Waals surface area contributed by atoms with Crippen LogP contribution in [0, 0.1) is 0 Å². The summed E-state index contributed by atoms with van der Waals surface area (Å²) in [5.41, 5.74) is 8.87. The van der Waals surface area contributed by atoms with Crippen molar-refractivity contribution in [2.75, 3.05) is 5.73 Å². The van der Waals surface area contributed by atoms with Gasteiger partial charge in [-0.15, -0.1) is 11.3 Å². The number of nitrogens with zero attached hydrogens (tertiary/aromatic N) is 2. The number of hydrogen-bond donors (Lipinski definition) is 2. The second kappa shape index (κ2) is 4.50. The van der Waals surface area contributed by atoms with Gasteiger partial charge in [-0.3, -0.25) is 5.10 Å². The number of anilines is 1. The summed E-state index contributed by atoms with van der Waals surface area (Å²) in [5.74, 6) is 0. The predicted octanol–water partition coefficient (Wildman–Crippen LogP) is 3.91. The molecule has 2 aromatic carbocycles.